The summed E-state index contributed by atoms with van der Waals surface area (Å²) in [6.45, 7) is 21.9. The quantitative estimate of drug-likeness (QED) is 0.588. The second kappa shape index (κ2) is 11.0. The van der Waals surface area contributed by atoms with Gasteiger partial charge in [0, 0.05) is 16.1 Å². The van der Waals surface area contributed by atoms with Crippen LogP contribution in [0.4, 0.5) is 0 Å². The normalized spacial score (nSPS) is 11.1. The van der Waals surface area contributed by atoms with Crippen LogP contribution in [0, 0.1) is 6.92 Å². The van der Waals surface area contributed by atoms with Crippen molar-refractivity contribution in [2.75, 3.05) is 6.61 Å². The largest absolute Gasteiger partial charge is 0.507 e. The van der Waals surface area contributed by atoms with Crippen molar-refractivity contribution in [3.63, 3.8) is 0 Å². The second-order valence-electron chi connectivity index (χ2n) is 7.85. The van der Waals surface area contributed by atoms with Crippen molar-refractivity contribution < 1.29 is 9.63 Å². The second-order valence-corrected chi connectivity index (χ2v) is 8.19. The summed E-state index contributed by atoms with van der Waals surface area (Å²) in [6.07, 6.45) is 1.25. The Bertz CT molecular complexity index is 438. The molecule has 1 aromatic rings. The van der Waals surface area contributed by atoms with Crippen molar-refractivity contribution in [3.8, 4) is 5.75 Å². The van der Waals surface area contributed by atoms with Crippen LogP contribution < -0.4 is 0 Å². The Balaban J connectivity index is 0. The predicted octanol–water partition coefficient (Wildman–Crippen LogP) is 6.52. The first-order chi connectivity index (χ1) is 10.4. The lowest BCUT2D eigenvalue weighted by atomic mass is 9.79. The zero-order chi connectivity index (χ0) is 18.8. The number of aryl methyl sites for hydroxylation is 1. The predicted molar refractivity (Wildman–Crippen MR) is 108 cm³/mol. The summed E-state index contributed by atoms with van der Waals surface area (Å²) in [7, 11) is 2.16. The molecule has 0 saturated heterocycles. The lowest BCUT2D eigenvalue weighted by Gasteiger charge is -2.26. The van der Waals surface area contributed by atoms with Crippen LogP contribution in [0.1, 0.15) is 85.4 Å². The Kier molecular flexibility index (Phi) is 11.8. The summed E-state index contributed by atoms with van der Waals surface area (Å²) in [4.78, 5) is 0. The third-order valence-corrected chi connectivity index (χ3v) is 3.47. The summed E-state index contributed by atoms with van der Waals surface area (Å²) in [5, 5.41) is 10.1. The van der Waals surface area contributed by atoms with Gasteiger partial charge in [0.05, 0.1) is 0 Å². The minimum atomic E-state index is -0.0178. The van der Waals surface area contributed by atoms with Crippen LogP contribution >= 0.6 is 9.47 Å². The Morgan fingerprint density at radius 1 is 0.957 bits per heavy atom. The van der Waals surface area contributed by atoms with Gasteiger partial charge in [-0.2, -0.15) is 0 Å². The number of phenolic OH excluding ortho intramolecular Hbond substituents is 1. The van der Waals surface area contributed by atoms with E-state index in [-0.39, 0.29) is 10.8 Å². The molecule has 0 fully saturated rings. The van der Waals surface area contributed by atoms with Crippen molar-refractivity contribution in [2.24, 2.45) is 0 Å². The average Bonchev–Trinajstić information content (AvgIpc) is 2.40. The van der Waals surface area contributed by atoms with Crippen molar-refractivity contribution >= 4 is 9.47 Å². The highest BCUT2D eigenvalue weighted by Gasteiger charge is 2.23. The van der Waals surface area contributed by atoms with Gasteiger partial charge in [-0.3, -0.25) is 0 Å². The van der Waals surface area contributed by atoms with E-state index < -0.39 is 0 Å². The molecule has 1 atom stereocenters. The molecule has 1 unspecified atom stereocenters. The number of hydrogen-bond donors (Lipinski definition) is 1. The molecule has 0 aliphatic carbocycles. The maximum atomic E-state index is 10.1. The molecule has 0 bridgehead atoms. The van der Waals surface area contributed by atoms with Gasteiger partial charge in [0.1, 0.15) is 5.75 Å². The topological polar surface area (TPSA) is 29.5 Å². The molecular formula is C20H39O2P. The highest BCUT2D eigenvalue weighted by Crippen LogP contribution is 2.37. The van der Waals surface area contributed by atoms with E-state index in [2.05, 4.69) is 81.5 Å². The third kappa shape index (κ3) is 9.99. The van der Waals surface area contributed by atoms with Gasteiger partial charge in [0.25, 0.3) is 0 Å². The highest BCUT2D eigenvalue weighted by molar-refractivity contribution is 7.09. The van der Waals surface area contributed by atoms with Gasteiger partial charge in [0.15, 0.2) is 0 Å². The maximum absolute atomic E-state index is 10.1. The van der Waals surface area contributed by atoms with Gasteiger partial charge in [-0.25, -0.2) is 0 Å². The van der Waals surface area contributed by atoms with Crippen LogP contribution in [0.25, 0.3) is 0 Å². The summed E-state index contributed by atoms with van der Waals surface area (Å²) in [5.74, 6) is 0.445. The van der Waals surface area contributed by atoms with Crippen molar-refractivity contribution in [3.05, 3.63) is 28.8 Å². The van der Waals surface area contributed by atoms with E-state index in [1.165, 1.54) is 12.0 Å². The number of phenols is 1. The van der Waals surface area contributed by atoms with Gasteiger partial charge >= 0.3 is 0 Å². The molecular weight excluding hydrogens is 303 g/mol. The molecule has 0 heterocycles. The van der Waals surface area contributed by atoms with Crippen LogP contribution in [0.15, 0.2) is 12.1 Å². The molecule has 0 saturated carbocycles. The van der Waals surface area contributed by atoms with Crippen LogP contribution in [0.2, 0.25) is 0 Å². The summed E-state index contributed by atoms with van der Waals surface area (Å²) in [6, 6.07) is 4.23. The fourth-order valence-electron chi connectivity index (χ4n) is 1.78. The van der Waals surface area contributed by atoms with Crippen molar-refractivity contribution in [1.82, 2.24) is 0 Å². The fourth-order valence-corrected chi connectivity index (χ4v) is 1.78. The zero-order valence-electron chi connectivity index (χ0n) is 17.0. The van der Waals surface area contributed by atoms with Gasteiger partial charge in [-0.15, -0.1) is 0 Å². The van der Waals surface area contributed by atoms with Crippen LogP contribution in [0.5, 0.6) is 5.75 Å². The Hall–Kier alpha value is -0.590. The lowest BCUT2D eigenvalue weighted by Crippen LogP contribution is -2.17. The first-order valence-corrected chi connectivity index (χ1v) is 9.00. The van der Waals surface area contributed by atoms with E-state index >= 15 is 0 Å². The van der Waals surface area contributed by atoms with Crippen LogP contribution in [0.3, 0.4) is 0 Å². The maximum Gasteiger partial charge on any atom is 0.122 e. The van der Waals surface area contributed by atoms with Crippen molar-refractivity contribution in [2.45, 2.75) is 86.5 Å². The fraction of sp³-hybridized carbons (Fsp3) is 0.700. The van der Waals surface area contributed by atoms with Gasteiger partial charge < -0.3 is 9.63 Å². The average molecular weight is 343 g/mol. The van der Waals surface area contributed by atoms with E-state index in [9.17, 15) is 5.11 Å². The van der Waals surface area contributed by atoms with Gasteiger partial charge in [0.2, 0.25) is 0 Å². The molecule has 136 valence electrons. The van der Waals surface area contributed by atoms with E-state index in [4.69, 9.17) is 0 Å². The molecule has 1 aromatic carbocycles. The van der Waals surface area contributed by atoms with Crippen LogP contribution in [-0.4, -0.2) is 11.7 Å². The minimum Gasteiger partial charge on any atom is -0.507 e. The van der Waals surface area contributed by atoms with Crippen molar-refractivity contribution in [1.29, 1.82) is 0 Å². The standard InChI is InChI=1S/C15H24O.C3H8.C2H7OP/c1-10-8-11(14(2,3)4)9-12(13(10)16)15(5,6)7;1-3-2;1-2-3-4/h8-9,16H,1-7H3;3H2,1-2H3;2,4H2,1H3. The monoisotopic (exact) mass is 342 g/mol. The molecule has 0 amide bonds. The molecule has 0 aliphatic rings. The Morgan fingerprint density at radius 2 is 1.35 bits per heavy atom. The summed E-state index contributed by atoms with van der Waals surface area (Å²) in [5.41, 5.74) is 3.40. The molecule has 1 rings (SSSR count). The Labute approximate surface area is 147 Å². The molecule has 1 N–H and O–H groups in total. The lowest BCUT2D eigenvalue weighted by molar-refractivity contribution is 0.400. The number of benzene rings is 1. The molecule has 0 aliphatic heterocycles. The van der Waals surface area contributed by atoms with E-state index in [1.807, 2.05) is 13.8 Å². The summed E-state index contributed by atoms with van der Waals surface area (Å²) < 4.78 is 4.46. The first-order valence-electron chi connectivity index (χ1n) is 8.52. The van der Waals surface area contributed by atoms with Gasteiger partial charge in [-0.05, 0) is 41.4 Å². The molecule has 0 spiro atoms. The molecule has 0 aromatic heterocycles. The molecule has 2 nitrogen and oxygen atoms in total. The van der Waals surface area contributed by atoms with E-state index in [0.29, 0.717) is 5.75 Å². The molecule has 0 radical (unpaired) electrons. The molecule has 23 heavy (non-hydrogen) atoms. The Morgan fingerprint density at radius 3 is 1.61 bits per heavy atom. The highest BCUT2D eigenvalue weighted by atomic mass is 31.0. The number of hydrogen-bond acceptors (Lipinski definition) is 2. The van der Waals surface area contributed by atoms with Crippen LogP contribution in [-0.2, 0) is 15.4 Å². The number of aromatic hydroxyl groups is 1. The third-order valence-electron chi connectivity index (χ3n) is 3.14. The SMILES string of the molecule is CCC.CCOP.Cc1cc(C(C)(C)C)cc(C(C)(C)C)c1O. The number of rotatable bonds is 1. The smallest absolute Gasteiger partial charge is 0.122 e. The zero-order valence-corrected chi connectivity index (χ0v) is 18.2. The van der Waals surface area contributed by atoms with Gasteiger partial charge in [-0.1, -0.05) is 73.9 Å². The first kappa shape index (κ1) is 24.7. The molecule has 3 heteroatoms. The summed E-state index contributed by atoms with van der Waals surface area (Å²) >= 11 is 0. The van der Waals surface area contributed by atoms with E-state index in [0.717, 1.165) is 17.7 Å². The minimum absolute atomic E-state index is 0.0178. The van der Waals surface area contributed by atoms with E-state index in [1.54, 1.807) is 0 Å².